The first-order chi connectivity index (χ1) is 12.1. The van der Waals surface area contributed by atoms with E-state index in [0.717, 1.165) is 57.7 Å². The van der Waals surface area contributed by atoms with Crippen LogP contribution in [-0.2, 0) is 0 Å². The first-order valence-corrected chi connectivity index (χ1v) is 9.72. The highest BCUT2D eigenvalue weighted by molar-refractivity contribution is 5.95. The van der Waals surface area contributed by atoms with Crippen LogP contribution >= 0.6 is 0 Å². The van der Waals surface area contributed by atoms with Crippen molar-refractivity contribution in [1.82, 2.24) is 9.80 Å². The molecule has 2 aliphatic rings. The van der Waals surface area contributed by atoms with Gasteiger partial charge in [0.2, 0.25) is 0 Å². The van der Waals surface area contributed by atoms with E-state index >= 15 is 0 Å². The van der Waals surface area contributed by atoms with E-state index in [1.165, 1.54) is 5.69 Å². The third-order valence-corrected chi connectivity index (χ3v) is 5.92. The number of likely N-dealkylation sites (N-methyl/N-ethyl adjacent to an activating group) is 1. The molecule has 1 aromatic carbocycles. The number of nitrogens with zero attached hydrogens (tertiary/aromatic N) is 3. The van der Waals surface area contributed by atoms with E-state index in [9.17, 15) is 4.79 Å². The van der Waals surface area contributed by atoms with Crippen molar-refractivity contribution in [3.05, 3.63) is 29.8 Å². The van der Waals surface area contributed by atoms with E-state index in [-0.39, 0.29) is 11.9 Å². The lowest BCUT2D eigenvalue weighted by Gasteiger charge is -2.39. The molecule has 2 aliphatic heterocycles. The molecule has 0 aromatic heterocycles. The molecule has 0 spiro atoms. The molecular formula is C20H32N4O. The summed E-state index contributed by atoms with van der Waals surface area (Å²) in [7, 11) is 0. The van der Waals surface area contributed by atoms with Crippen LogP contribution in [-0.4, -0.2) is 67.6 Å². The fourth-order valence-corrected chi connectivity index (χ4v) is 4.16. The van der Waals surface area contributed by atoms with Gasteiger partial charge in [-0.15, -0.1) is 0 Å². The number of nitrogens with two attached hydrogens (primary N) is 1. The zero-order valence-electron chi connectivity index (χ0n) is 15.7. The molecule has 2 heterocycles. The highest BCUT2D eigenvalue weighted by atomic mass is 16.2. The lowest BCUT2D eigenvalue weighted by molar-refractivity contribution is 0.0532. The first-order valence-electron chi connectivity index (χ1n) is 9.72. The van der Waals surface area contributed by atoms with Gasteiger partial charge in [0.05, 0.1) is 0 Å². The van der Waals surface area contributed by atoms with Crippen molar-refractivity contribution in [2.24, 2.45) is 11.7 Å². The minimum Gasteiger partial charge on any atom is -0.369 e. The third kappa shape index (κ3) is 3.98. The summed E-state index contributed by atoms with van der Waals surface area (Å²) in [6.45, 7) is 11.3. The molecule has 0 unspecified atom stereocenters. The number of likely N-dealkylation sites (tertiary alicyclic amines) is 1. The molecule has 0 aliphatic carbocycles. The van der Waals surface area contributed by atoms with Gasteiger partial charge in [-0.05, 0) is 49.6 Å². The highest BCUT2D eigenvalue weighted by Gasteiger charge is 2.31. The molecule has 3 rings (SSSR count). The van der Waals surface area contributed by atoms with E-state index in [1.54, 1.807) is 0 Å². The molecule has 1 amide bonds. The first kappa shape index (κ1) is 18.2. The number of hydrogen-bond acceptors (Lipinski definition) is 4. The quantitative estimate of drug-likeness (QED) is 0.908. The van der Waals surface area contributed by atoms with Crippen LogP contribution in [0.5, 0.6) is 0 Å². The van der Waals surface area contributed by atoms with Crippen molar-refractivity contribution in [2.75, 3.05) is 50.7 Å². The number of carbonyl (C=O) groups excluding carboxylic acids is 1. The Morgan fingerprint density at radius 1 is 1.12 bits per heavy atom. The number of rotatable bonds is 4. The number of piperidine rings is 1. The predicted molar refractivity (Wildman–Crippen MR) is 103 cm³/mol. The number of anilines is 1. The van der Waals surface area contributed by atoms with Crippen LogP contribution in [0, 0.1) is 5.92 Å². The fraction of sp³-hybridized carbons (Fsp3) is 0.650. The van der Waals surface area contributed by atoms with E-state index in [1.807, 2.05) is 17.0 Å². The Bertz CT molecular complexity index is 566. The summed E-state index contributed by atoms with van der Waals surface area (Å²) in [6, 6.07) is 8.33. The predicted octanol–water partition coefficient (Wildman–Crippen LogP) is 2.03. The topological polar surface area (TPSA) is 52.8 Å². The second-order valence-corrected chi connectivity index (χ2v) is 7.39. The Hall–Kier alpha value is -1.59. The summed E-state index contributed by atoms with van der Waals surface area (Å²) >= 11 is 0. The summed E-state index contributed by atoms with van der Waals surface area (Å²) in [5.41, 5.74) is 7.94. The molecule has 25 heavy (non-hydrogen) atoms. The van der Waals surface area contributed by atoms with Crippen LogP contribution < -0.4 is 10.6 Å². The van der Waals surface area contributed by atoms with Crippen molar-refractivity contribution in [1.29, 1.82) is 0 Å². The maximum absolute atomic E-state index is 12.9. The molecule has 0 radical (unpaired) electrons. The second kappa shape index (κ2) is 8.19. The van der Waals surface area contributed by atoms with E-state index in [2.05, 4.69) is 35.8 Å². The number of piperazine rings is 1. The highest BCUT2D eigenvalue weighted by Crippen LogP contribution is 2.25. The normalized spacial score (nSPS) is 25.2. The standard InChI is InChI=1S/C20H32N4O/c1-3-22-11-13-23(14-12-22)18-8-6-17(7-9-18)20(25)24-10-4-5-16(2)19(24)15-21/h6-9,16,19H,3-5,10-15,21H2,1-2H3/t16-,19-/m0/s1. The largest absolute Gasteiger partial charge is 0.369 e. The summed E-state index contributed by atoms with van der Waals surface area (Å²) in [5, 5.41) is 0. The average Bonchev–Trinajstić information content (AvgIpc) is 2.67. The fourth-order valence-electron chi connectivity index (χ4n) is 4.16. The van der Waals surface area contributed by atoms with Crippen molar-refractivity contribution in [3.8, 4) is 0 Å². The Morgan fingerprint density at radius 3 is 2.40 bits per heavy atom. The van der Waals surface area contributed by atoms with Gasteiger partial charge in [-0.3, -0.25) is 4.79 Å². The maximum atomic E-state index is 12.9. The lowest BCUT2D eigenvalue weighted by atomic mass is 9.90. The van der Waals surface area contributed by atoms with Gasteiger partial charge in [-0.2, -0.15) is 0 Å². The van der Waals surface area contributed by atoms with Crippen LogP contribution in [0.3, 0.4) is 0 Å². The maximum Gasteiger partial charge on any atom is 0.254 e. The van der Waals surface area contributed by atoms with E-state index < -0.39 is 0 Å². The molecule has 0 bridgehead atoms. The molecule has 2 fully saturated rings. The zero-order chi connectivity index (χ0) is 17.8. The minimum absolute atomic E-state index is 0.129. The van der Waals surface area contributed by atoms with Crippen LogP contribution in [0.1, 0.15) is 37.0 Å². The van der Waals surface area contributed by atoms with E-state index in [4.69, 9.17) is 5.73 Å². The van der Waals surface area contributed by atoms with Gasteiger partial charge in [0.25, 0.3) is 5.91 Å². The van der Waals surface area contributed by atoms with Crippen molar-refractivity contribution < 1.29 is 4.79 Å². The van der Waals surface area contributed by atoms with Crippen molar-refractivity contribution in [2.45, 2.75) is 32.7 Å². The van der Waals surface area contributed by atoms with Crippen LogP contribution in [0.25, 0.3) is 0 Å². The lowest BCUT2D eigenvalue weighted by Crippen LogP contribution is -2.51. The van der Waals surface area contributed by atoms with Gasteiger partial charge >= 0.3 is 0 Å². The monoisotopic (exact) mass is 344 g/mol. The van der Waals surface area contributed by atoms with Gasteiger partial charge in [0.15, 0.2) is 0 Å². The number of benzene rings is 1. The summed E-state index contributed by atoms with van der Waals surface area (Å²) in [5.74, 6) is 0.612. The summed E-state index contributed by atoms with van der Waals surface area (Å²) in [6.07, 6.45) is 2.23. The summed E-state index contributed by atoms with van der Waals surface area (Å²) in [4.78, 5) is 19.8. The Balaban J connectivity index is 1.66. The SMILES string of the molecule is CCN1CCN(c2ccc(C(=O)N3CCC[C@H](C)[C@@H]3CN)cc2)CC1. The summed E-state index contributed by atoms with van der Waals surface area (Å²) < 4.78 is 0. The molecule has 2 saturated heterocycles. The molecular weight excluding hydrogens is 312 g/mol. The van der Waals surface area contributed by atoms with Crippen molar-refractivity contribution >= 4 is 11.6 Å². The number of amides is 1. The molecule has 0 saturated carbocycles. The van der Waals surface area contributed by atoms with Gasteiger partial charge in [0.1, 0.15) is 0 Å². The van der Waals surface area contributed by atoms with Crippen LogP contribution in [0.15, 0.2) is 24.3 Å². The third-order valence-electron chi connectivity index (χ3n) is 5.92. The van der Waals surface area contributed by atoms with Crippen molar-refractivity contribution in [3.63, 3.8) is 0 Å². The van der Waals surface area contributed by atoms with Crippen LogP contribution in [0.2, 0.25) is 0 Å². The minimum atomic E-state index is 0.129. The molecule has 2 N–H and O–H groups in total. The second-order valence-electron chi connectivity index (χ2n) is 7.39. The molecule has 2 atom stereocenters. The van der Waals surface area contributed by atoms with Gasteiger partial charge in [-0.1, -0.05) is 13.8 Å². The number of carbonyl (C=O) groups is 1. The Kier molecular flexibility index (Phi) is 5.97. The van der Waals surface area contributed by atoms with E-state index in [0.29, 0.717) is 12.5 Å². The van der Waals surface area contributed by atoms with Crippen LogP contribution in [0.4, 0.5) is 5.69 Å². The Morgan fingerprint density at radius 2 is 1.80 bits per heavy atom. The smallest absolute Gasteiger partial charge is 0.254 e. The molecule has 5 heteroatoms. The van der Waals surface area contributed by atoms with Gasteiger partial charge in [-0.25, -0.2) is 0 Å². The Labute approximate surface area is 151 Å². The number of hydrogen-bond donors (Lipinski definition) is 1. The molecule has 5 nitrogen and oxygen atoms in total. The van der Waals surface area contributed by atoms with Gasteiger partial charge in [0, 0.05) is 56.6 Å². The molecule has 138 valence electrons. The van der Waals surface area contributed by atoms with Gasteiger partial charge < -0.3 is 20.4 Å². The average molecular weight is 345 g/mol. The molecule has 1 aromatic rings. The zero-order valence-corrected chi connectivity index (χ0v) is 15.7.